The number of nitrogens with two attached hydrogens (primary N) is 1. The van der Waals surface area contributed by atoms with Crippen molar-refractivity contribution in [1.82, 2.24) is 9.88 Å². The molecule has 5 heteroatoms. The molecule has 0 aliphatic heterocycles. The summed E-state index contributed by atoms with van der Waals surface area (Å²) in [5, 5.41) is 0. The van der Waals surface area contributed by atoms with Gasteiger partial charge in [-0.25, -0.2) is 4.98 Å². The third-order valence-corrected chi connectivity index (χ3v) is 2.53. The molecule has 0 aromatic carbocycles. The predicted octanol–water partition coefficient (Wildman–Crippen LogP) is 0.455. The highest BCUT2D eigenvalue weighted by Gasteiger charge is 2.12. The molecule has 0 spiro atoms. The number of rotatable bonds is 5. The molecule has 0 unspecified atom stereocenters. The van der Waals surface area contributed by atoms with Crippen LogP contribution >= 0.6 is 0 Å². The summed E-state index contributed by atoms with van der Waals surface area (Å²) in [6.07, 6.45) is 0. The predicted molar refractivity (Wildman–Crippen MR) is 68.7 cm³/mol. The van der Waals surface area contributed by atoms with Crippen LogP contribution in [0.5, 0.6) is 0 Å². The molecule has 94 valence electrons. The lowest BCUT2D eigenvalue weighted by molar-refractivity contribution is -0.127. The Balaban J connectivity index is 2.82. The normalized spacial score (nSPS) is 10.1. The number of amides is 1. The van der Waals surface area contributed by atoms with E-state index in [1.165, 1.54) is 0 Å². The average Bonchev–Trinajstić information content (AvgIpc) is 2.35. The van der Waals surface area contributed by atoms with Crippen LogP contribution in [0.25, 0.3) is 0 Å². The van der Waals surface area contributed by atoms with Crippen LogP contribution < -0.4 is 10.6 Å². The quantitative estimate of drug-likeness (QED) is 0.806. The summed E-state index contributed by atoms with van der Waals surface area (Å²) in [7, 11) is 3.50. The van der Waals surface area contributed by atoms with Crippen LogP contribution in [0, 0.1) is 0 Å². The molecule has 2 N–H and O–H groups in total. The zero-order valence-corrected chi connectivity index (χ0v) is 10.7. The van der Waals surface area contributed by atoms with Crippen molar-refractivity contribution in [2.24, 2.45) is 5.73 Å². The zero-order chi connectivity index (χ0) is 12.8. The molecule has 0 saturated carbocycles. The van der Waals surface area contributed by atoms with Crippen LogP contribution in [0.3, 0.4) is 0 Å². The molecule has 0 radical (unpaired) electrons. The van der Waals surface area contributed by atoms with Crippen LogP contribution in [-0.4, -0.2) is 43.0 Å². The molecule has 17 heavy (non-hydrogen) atoms. The largest absolute Gasteiger partial charge is 0.348 e. The third kappa shape index (κ3) is 3.71. The number of nitrogens with zero attached hydrogens (tertiary/aromatic N) is 3. The van der Waals surface area contributed by atoms with Gasteiger partial charge in [0.25, 0.3) is 0 Å². The molecule has 0 saturated heterocycles. The average molecular weight is 236 g/mol. The van der Waals surface area contributed by atoms with Gasteiger partial charge < -0.3 is 15.5 Å². The number of anilines is 1. The minimum absolute atomic E-state index is 0.0619. The molecular formula is C12H20N4O. The highest BCUT2D eigenvalue weighted by atomic mass is 16.2. The Morgan fingerprint density at radius 1 is 1.41 bits per heavy atom. The summed E-state index contributed by atoms with van der Waals surface area (Å²) >= 11 is 0. The van der Waals surface area contributed by atoms with E-state index in [1.807, 2.05) is 30.0 Å². The Kier molecular flexibility index (Phi) is 4.90. The first-order chi connectivity index (χ1) is 8.08. The zero-order valence-electron chi connectivity index (χ0n) is 10.7. The molecular weight excluding hydrogens is 216 g/mol. The van der Waals surface area contributed by atoms with Gasteiger partial charge in [0.2, 0.25) is 5.91 Å². The van der Waals surface area contributed by atoms with Gasteiger partial charge in [0.1, 0.15) is 5.82 Å². The van der Waals surface area contributed by atoms with Gasteiger partial charge in [0.15, 0.2) is 0 Å². The molecule has 0 aliphatic rings. The van der Waals surface area contributed by atoms with Gasteiger partial charge in [0.05, 0.1) is 12.2 Å². The second-order valence-electron chi connectivity index (χ2n) is 3.99. The summed E-state index contributed by atoms with van der Waals surface area (Å²) in [6, 6.07) is 5.68. The lowest BCUT2D eigenvalue weighted by Gasteiger charge is -2.23. The smallest absolute Gasteiger partial charge is 0.241 e. The minimum Gasteiger partial charge on any atom is -0.348 e. The van der Waals surface area contributed by atoms with Gasteiger partial charge >= 0.3 is 0 Å². The van der Waals surface area contributed by atoms with Crippen molar-refractivity contribution < 1.29 is 4.79 Å². The number of likely N-dealkylation sites (N-methyl/N-ethyl adjacent to an activating group) is 2. The molecule has 5 nitrogen and oxygen atoms in total. The Bertz CT molecular complexity index is 379. The van der Waals surface area contributed by atoms with E-state index in [-0.39, 0.29) is 5.91 Å². The molecule has 0 atom stereocenters. The third-order valence-electron chi connectivity index (χ3n) is 2.53. The lowest BCUT2D eigenvalue weighted by atomic mass is 10.3. The lowest BCUT2D eigenvalue weighted by Crippen LogP contribution is -2.37. The van der Waals surface area contributed by atoms with Crippen molar-refractivity contribution in [2.75, 3.05) is 32.1 Å². The van der Waals surface area contributed by atoms with E-state index in [1.54, 1.807) is 19.0 Å². The van der Waals surface area contributed by atoms with E-state index < -0.39 is 0 Å². The molecule has 0 fully saturated rings. The van der Waals surface area contributed by atoms with Crippen molar-refractivity contribution in [3.05, 3.63) is 23.9 Å². The number of carbonyl (C=O) groups is 1. The summed E-state index contributed by atoms with van der Waals surface area (Å²) in [5.74, 6) is 0.859. The van der Waals surface area contributed by atoms with Gasteiger partial charge in [-0.15, -0.1) is 0 Å². The van der Waals surface area contributed by atoms with Crippen LogP contribution in [0.2, 0.25) is 0 Å². The van der Waals surface area contributed by atoms with E-state index >= 15 is 0 Å². The maximum Gasteiger partial charge on any atom is 0.241 e. The number of hydrogen-bond acceptors (Lipinski definition) is 4. The van der Waals surface area contributed by atoms with Gasteiger partial charge in [-0.2, -0.15) is 0 Å². The number of aromatic nitrogens is 1. The number of carbonyl (C=O) groups excluding carboxylic acids is 1. The maximum atomic E-state index is 11.7. The monoisotopic (exact) mass is 236 g/mol. The molecule has 1 rings (SSSR count). The van der Waals surface area contributed by atoms with E-state index in [2.05, 4.69) is 4.98 Å². The fourth-order valence-corrected chi connectivity index (χ4v) is 1.42. The fourth-order valence-electron chi connectivity index (χ4n) is 1.42. The first-order valence-electron chi connectivity index (χ1n) is 5.69. The molecule has 1 aromatic rings. The Morgan fingerprint density at radius 3 is 2.65 bits per heavy atom. The number of hydrogen-bond donors (Lipinski definition) is 1. The minimum atomic E-state index is 0.0619. The Labute approximate surface area is 102 Å². The van der Waals surface area contributed by atoms with Gasteiger partial charge in [-0.05, 0) is 19.1 Å². The van der Waals surface area contributed by atoms with Crippen molar-refractivity contribution in [3.63, 3.8) is 0 Å². The van der Waals surface area contributed by atoms with Crippen LogP contribution in [0.4, 0.5) is 5.82 Å². The Hall–Kier alpha value is -1.62. The SMILES string of the molecule is CCN(CC(=O)N(C)C)c1cccc(CN)n1. The maximum absolute atomic E-state index is 11.7. The molecule has 1 amide bonds. The van der Waals surface area contributed by atoms with Crippen LogP contribution in [-0.2, 0) is 11.3 Å². The number of pyridine rings is 1. The molecule has 1 aromatic heterocycles. The van der Waals surface area contributed by atoms with E-state index in [0.29, 0.717) is 13.1 Å². The Morgan fingerprint density at radius 2 is 2.12 bits per heavy atom. The first kappa shape index (κ1) is 13.4. The molecule has 0 aliphatic carbocycles. The highest BCUT2D eigenvalue weighted by Crippen LogP contribution is 2.11. The fraction of sp³-hybridized carbons (Fsp3) is 0.500. The topological polar surface area (TPSA) is 62.5 Å². The summed E-state index contributed by atoms with van der Waals surface area (Å²) in [6.45, 7) is 3.48. The van der Waals surface area contributed by atoms with Crippen molar-refractivity contribution >= 4 is 11.7 Å². The highest BCUT2D eigenvalue weighted by molar-refractivity contribution is 5.80. The molecule has 0 bridgehead atoms. The summed E-state index contributed by atoms with van der Waals surface area (Å²) in [4.78, 5) is 19.6. The van der Waals surface area contributed by atoms with E-state index in [0.717, 1.165) is 18.1 Å². The second kappa shape index (κ2) is 6.20. The van der Waals surface area contributed by atoms with Crippen LogP contribution in [0.1, 0.15) is 12.6 Å². The second-order valence-corrected chi connectivity index (χ2v) is 3.99. The van der Waals surface area contributed by atoms with Gasteiger partial charge in [-0.1, -0.05) is 6.07 Å². The van der Waals surface area contributed by atoms with Gasteiger partial charge in [-0.3, -0.25) is 4.79 Å². The van der Waals surface area contributed by atoms with Crippen LogP contribution in [0.15, 0.2) is 18.2 Å². The first-order valence-corrected chi connectivity index (χ1v) is 5.69. The van der Waals surface area contributed by atoms with E-state index in [9.17, 15) is 4.79 Å². The van der Waals surface area contributed by atoms with Crippen molar-refractivity contribution in [3.8, 4) is 0 Å². The van der Waals surface area contributed by atoms with Gasteiger partial charge in [0, 0.05) is 27.2 Å². The summed E-state index contributed by atoms with van der Waals surface area (Å²) < 4.78 is 0. The molecule has 1 heterocycles. The standard InChI is InChI=1S/C12H20N4O/c1-4-16(9-12(17)15(2)3)11-7-5-6-10(8-13)14-11/h5-7H,4,8-9,13H2,1-3H3. The van der Waals surface area contributed by atoms with E-state index in [4.69, 9.17) is 5.73 Å². The van der Waals surface area contributed by atoms with Crippen molar-refractivity contribution in [1.29, 1.82) is 0 Å². The van der Waals surface area contributed by atoms with Crippen molar-refractivity contribution in [2.45, 2.75) is 13.5 Å². The summed E-state index contributed by atoms with van der Waals surface area (Å²) in [5.41, 5.74) is 6.39.